The van der Waals surface area contributed by atoms with Crippen LogP contribution < -0.4 is 5.32 Å². The number of hydrogen-bond acceptors (Lipinski definition) is 7. The van der Waals surface area contributed by atoms with E-state index in [0.29, 0.717) is 35.7 Å². The highest BCUT2D eigenvalue weighted by Gasteiger charge is 2.24. The van der Waals surface area contributed by atoms with E-state index in [1.807, 2.05) is 19.2 Å². The number of fused-ring (bicyclic) bond motifs is 1. The Balaban J connectivity index is 1.48. The largest absolute Gasteiger partial charge is 0.481 e. The topological polar surface area (TPSA) is 103 Å². The molecular weight excluding hydrogens is 460 g/mol. The molecule has 1 aliphatic heterocycles. The van der Waals surface area contributed by atoms with Crippen molar-refractivity contribution >= 4 is 56.8 Å². The number of anilines is 1. The third kappa shape index (κ3) is 5.70. The zero-order chi connectivity index (χ0) is 23.4. The molecule has 0 radical (unpaired) electrons. The molecule has 4 rings (SSSR count). The summed E-state index contributed by atoms with van der Waals surface area (Å²) in [4.78, 5) is 45.3. The van der Waals surface area contributed by atoms with Crippen molar-refractivity contribution in [1.82, 2.24) is 14.8 Å². The number of piperazine rings is 1. The van der Waals surface area contributed by atoms with Gasteiger partial charge in [-0.3, -0.25) is 14.4 Å². The Kier molecular flexibility index (Phi) is 7.26. The van der Waals surface area contributed by atoms with Gasteiger partial charge in [0.1, 0.15) is 0 Å². The van der Waals surface area contributed by atoms with Crippen molar-refractivity contribution in [1.29, 1.82) is 0 Å². The summed E-state index contributed by atoms with van der Waals surface area (Å²) in [7, 11) is 2.03. The fraction of sp³-hybridized carbons (Fsp3) is 0.304. The number of hydrogen-bond donors (Lipinski definition) is 2. The molecule has 0 spiro atoms. The molecular formula is C23H24N4O4S2. The summed E-state index contributed by atoms with van der Waals surface area (Å²) in [6.45, 7) is 2.90. The highest BCUT2D eigenvalue weighted by Crippen LogP contribution is 2.31. The zero-order valence-corrected chi connectivity index (χ0v) is 19.7. The van der Waals surface area contributed by atoms with E-state index in [0.717, 1.165) is 27.6 Å². The van der Waals surface area contributed by atoms with Crippen molar-refractivity contribution in [3.63, 3.8) is 0 Å². The molecule has 8 nitrogen and oxygen atoms in total. The van der Waals surface area contributed by atoms with Gasteiger partial charge in [0.05, 0.1) is 27.8 Å². The van der Waals surface area contributed by atoms with Crippen LogP contribution in [0.3, 0.4) is 0 Å². The number of amides is 2. The van der Waals surface area contributed by atoms with Gasteiger partial charge in [-0.1, -0.05) is 23.9 Å². The first-order valence-corrected chi connectivity index (χ1v) is 12.3. The van der Waals surface area contributed by atoms with Crippen molar-refractivity contribution < 1.29 is 19.5 Å². The monoisotopic (exact) mass is 484 g/mol. The standard InChI is InChI=1S/C23H24N4O4S2/c1-26-9-11-27(12-10-26)22(31)17-5-3-2-4-16(17)21(30)24-15-6-7-18-19(14-15)33-23(25-18)32-13-8-20(28)29/h2-7,14H,8-13H2,1H3,(H,24,30)(H,28,29). The van der Waals surface area contributed by atoms with Crippen LogP contribution >= 0.6 is 23.1 Å². The van der Waals surface area contributed by atoms with Crippen molar-refractivity contribution in [3.8, 4) is 0 Å². The number of thiazole rings is 1. The van der Waals surface area contributed by atoms with Gasteiger partial charge in [-0.05, 0) is 37.4 Å². The van der Waals surface area contributed by atoms with Gasteiger partial charge >= 0.3 is 5.97 Å². The molecule has 0 saturated carbocycles. The van der Waals surface area contributed by atoms with Crippen molar-refractivity contribution in [2.45, 2.75) is 10.8 Å². The van der Waals surface area contributed by atoms with E-state index < -0.39 is 5.97 Å². The first-order chi connectivity index (χ1) is 15.9. The molecule has 1 aromatic heterocycles. The van der Waals surface area contributed by atoms with Crippen LogP contribution in [-0.2, 0) is 4.79 Å². The molecule has 2 amide bonds. The summed E-state index contributed by atoms with van der Waals surface area (Å²) in [6, 6.07) is 12.3. The summed E-state index contributed by atoms with van der Waals surface area (Å²) in [5.41, 5.74) is 2.15. The van der Waals surface area contributed by atoms with E-state index in [-0.39, 0.29) is 18.2 Å². The van der Waals surface area contributed by atoms with Gasteiger partial charge in [0.2, 0.25) is 0 Å². The van der Waals surface area contributed by atoms with E-state index in [4.69, 9.17) is 5.11 Å². The maximum Gasteiger partial charge on any atom is 0.304 e. The minimum absolute atomic E-state index is 0.0775. The van der Waals surface area contributed by atoms with Crippen LogP contribution in [-0.4, -0.2) is 76.7 Å². The molecule has 2 aromatic carbocycles. The van der Waals surface area contributed by atoms with Crippen LogP contribution in [0.15, 0.2) is 46.8 Å². The molecule has 1 saturated heterocycles. The normalized spacial score (nSPS) is 14.4. The van der Waals surface area contributed by atoms with Gasteiger partial charge in [-0.15, -0.1) is 11.3 Å². The second-order valence-electron chi connectivity index (χ2n) is 7.75. The molecule has 3 aromatic rings. The molecule has 10 heteroatoms. The summed E-state index contributed by atoms with van der Waals surface area (Å²) in [6.07, 6.45) is 0.0775. The predicted octanol–water partition coefficient (Wildman–Crippen LogP) is 3.50. The van der Waals surface area contributed by atoms with Crippen LogP contribution in [0.2, 0.25) is 0 Å². The number of nitrogens with zero attached hydrogens (tertiary/aromatic N) is 3. The highest BCUT2D eigenvalue weighted by atomic mass is 32.2. The van der Waals surface area contributed by atoms with E-state index >= 15 is 0 Å². The van der Waals surface area contributed by atoms with Crippen LogP contribution in [0.5, 0.6) is 0 Å². The number of benzene rings is 2. The second kappa shape index (κ2) is 10.3. The first-order valence-electron chi connectivity index (χ1n) is 10.5. The molecule has 0 bridgehead atoms. The number of rotatable bonds is 7. The lowest BCUT2D eigenvalue weighted by Crippen LogP contribution is -2.47. The van der Waals surface area contributed by atoms with Crippen LogP contribution in [0.1, 0.15) is 27.1 Å². The van der Waals surface area contributed by atoms with Gasteiger partial charge in [0.15, 0.2) is 4.34 Å². The Labute approximate surface area is 199 Å². The van der Waals surface area contributed by atoms with Crippen LogP contribution in [0, 0.1) is 0 Å². The molecule has 172 valence electrons. The number of nitrogens with one attached hydrogen (secondary N) is 1. The molecule has 0 aliphatic carbocycles. The Morgan fingerprint density at radius 3 is 2.55 bits per heavy atom. The minimum Gasteiger partial charge on any atom is -0.481 e. The lowest BCUT2D eigenvalue weighted by molar-refractivity contribution is -0.136. The number of aromatic nitrogens is 1. The maximum atomic E-state index is 13.1. The lowest BCUT2D eigenvalue weighted by Gasteiger charge is -2.32. The molecule has 0 atom stereocenters. The SMILES string of the molecule is CN1CCN(C(=O)c2ccccc2C(=O)Nc2ccc3nc(SCCC(=O)O)sc3c2)CC1. The van der Waals surface area contributed by atoms with Crippen LogP contribution in [0.4, 0.5) is 5.69 Å². The first kappa shape index (κ1) is 23.2. The van der Waals surface area contributed by atoms with Crippen molar-refractivity contribution in [2.75, 3.05) is 44.3 Å². The Hall–Kier alpha value is -2.95. The summed E-state index contributed by atoms with van der Waals surface area (Å²) in [5, 5.41) is 11.7. The predicted molar refractivity (Wildman–Crippen MR) is 130 cm³/mol. The van der Waals surface area contributed by atoms with E-state index in [1.54, 1.807) is 35.2 Å². The summed E-state index contributed by atoms with van der Waals surface area (Å²) >= 11 is 2.86. The Bertz CT molecular complexity index is 1190. The van der Waals surface area contributed by atoms with Crippen LogP contribution in [0.25, 0.3) is 10.2 Å². The van der Waals surface area contributed by atoms with E-state index in [2.05, 4.69) is 15.2 Å². The third-order valence-electron chi connectivity index (χ3n) is 5.36. The number of carboxylic acids is 1. The Morgan fingerprint density at radius 2 is 1.82 bits per heavy atom. The third-order valence-corrected chi connectivity index (χ3v) is 7.52. The number of carbonyl (C=O) groups excluding carboxylic acids is 2. The number of carboxylic acid groups (broad SMARTS) is 1. The number of aliphatic carboxylic acids is 1. The molecule has 0 unspecified atom stereocenters. The number of likely N-dealkylation sites (N-methyl/N-ethyl adjacent to an activating group) is 1. The average molecular weight is 485 g/mol. The average Bonchev–Trinajstić information content (AvgIpc) is 3.21. The zero-order valence-electron chi connectivity index (χ0n) is 18.1. The maximum absolute atomic E-state index is 13.1. The van der Waals surface area contributed by atoms with Gasteiger partial charge in [-0.25, -0.2) is 4.98 Å². The van der Waals surface area contributed by atoms with Gasteiger partial charge in [-0.2, -0.15) is 0 Å². The smallest absolute Gasteiger partial charge is 0.304 e. The molecule has 2 heterocycles. The van der Waals surface area contributed by atoms with E-state index in [1.165, 1.54) is 23.1 Å². The lowest BCUT2D eigenvalue weighted by atomic mass is 10.0. The second-order valence-corrected chi connectivity index (χ2v) is 10.1. The van der Waals surface area contributed by atoms with Gasteiger partial charge in [0, 0.05) is 37.6 Å². The molecule has 1 aliphatic rings. The highest BCUT2D eigenvalue weighted by molar-refractivity contribution is 8.01. The van der Waals surface area contributed by atoms with Gasteiger partial charge in [0.25, 0.3) is 11.8 Å². The number of thioether (sulfide) groups is 1. The molecule has 1 fully saturated rings. The number of carbonyl (C=O) groups is 3. The van der Waals surface area contributed by atoms with E-state index in [9.17, 15) is 14.4 Å². The molecule has 2 N–H and O–H groups in total. The van der Waals surface area contributed by atoms with Crippen molar-refractivity contribution in [3.05, 3.63) is 53.6 Å². The molecule has 33 heavy (non-hydrogen) atoms. The summed E-state index contributed by atoms with van der Waals surface area (Å²) in [5.74, 6) is -0.848. The fourth-order valence-electron chi connectivity index (χ4n) is 3.51. The van der Waals surface area contributed by atoms with Gasteiger partial charge < -0.3 is 20.2 Å². The quantitative estimate of drug-likeness (QED) is 0.495. The Morgan fingerprint density at radius 1 is 1.09 bits per heavy atom. The minimum atomic E-state index is -0.833. The fourth-order valence-corrected chi connectivity index (χ4v) is 5.62. The van der Waals surface area contributed by atoms with Crippen molar-refractivity contribution in [2.24, 2.45) is 0 Å². The summed E-state index contributed by atoms with van der Waals surface area (Å²) < 4.78 is 1.69.